The van der Waals surface area contributed by atoms with Gasteiger partial charge in [0.05, 0.1) is 6.04 Å². The Balaban J connectivity index is 2.05. The van der Waals surface area contributed by atoms with Crippen molar-refractivity contribution in [2.24, 2.45) is 0 Å². The highest BCUT2D eigenvalue weighted by Gasteiger charge is 2.32. The van der Waals surface area contributed by atoms with Crippen LogP contribution < -0.4 is 5.32 Å². The van der Waals surface area contributed by atoms with Crippen molar-refractivity contribution >= 4 is 5.91 Å². The summed E-state index contributed by atoms with van der Waals surface area (Å²) in [6, 6.07) is 0.598. The standard InChI is InChI=1S/C12H20N2O/c1-2-14(10-6-4-3-5-7-10)11-8-9-13-12(11)15/h4,6,10-11H,2-3,5,7-9H2,1H3,(H,13,15)/t10-,11-/m1/s1. The molecule has 0 unspecified atom stereocenters. The van der Waals surface area contributed by atoms with Crippen molar-refractivity contribution in [3.05, 3.63) is 12.2 Å². The fraction of sp³-hybridized carbons (Fsp3) is 0.750. The summed E-state index contributed by atoms with van der Waals surface area (Å²) >= 11 is 0. The lowest BCUT2D eigenvalue weighted by atomic mass is 9.99. The molecule has 1 heterocycles. The molecule has 3 heteroatoms. The largest absolute Gasteiger partial charge is 0.355 e. The summed E-state index contributed by atoms with van der Waals surface area (Å²) in [7, 11) is 0. The average molecular weight is 208 g/mol. The lowest BCUT2D eigenvalue weighted by molar-refractivity contribution is -0.124. The molecular formula is C12H20N2O. The highest BCUT2D eigenvalue weighted by Crippen LogP contribution is 2.21. The molecule has 0 aromatic heterocycles. The van der Waals surface area contributed by atoms with E-state index in [0.717, 1.165) is 19.5 Å². The fourth-order valence-electron chi connectivity index (χ4n) is 2.65. The maximum atomic E-state index is 11.6. The van der Waals surface area contributed by atoms with Gasteiger partial charge in [-0.3, -0.25) is 9.69 Å². The predicted octanol–water partition coefficient (Wildman–Crippen LogP) is 1.31. The van der Waals surface area contributed by atoms with Crippen LogP contribution in [0, 0.1) is 0 Å². The zero-order valence-electron chi connectivity index (χ0n) is 9.41. The minimum atomic E-state index is 0.114. The van der Waals surface area contributed by atoms with E-state index in [4.69, 9.17) is 0 Å². The topological polar surface area (TPSA) is 32.3 Å². The van der Waals surface area contributed by atoms with Crippen LogP contribution in [-0.4, -0.2) is 36.0 Å². The Kier molecular flexibility index (Phi) is 3.41. The lowest BCUT2D eigenvalue weighted by Gasteiger charge is -2.33. The summed E-state index contributed by atoms with van der Waals surface area (Å²) in [5, 5.41) is 2.92. The maximum Gasteiger partial charge on any atom is 0.237 e. The van der Waals surface area contributed by atoms with Gasteiger partial charge in [0.25, 0.3) is 0 Å². The van der Waals surface area contributed by atoms with Crippen LogP contribution in [-0.2, 0) is 4.79 Å². The Hall–Kier alpha value is -0.830. The maximum absolute atomic E-state index is 11.6. The number of carbonyl (C=O) groups excluding carboxylic acids is 1. The number of likely N-dealkylation sites (N-methyl/N-ethyl adjacent to an activating group) is 1. The van der Waals surface area contributed by atoms with Crippen LogP contribution in [0.4, 0.5) is 0 Å². The van der Waals surface area contributed by atoms with Crippen molar-refractivity contribution in [3.8, 4) is 0 Å². The van der Waals surface area contributed by atoms with E-state index in [9.17, 15) is 4.79 Å². The van der Waals surface area contributed by atoms with Gasteiger partial charge in [0.1, 0.15) is 0 Å². The molecule has 0 radical (unpaired) electrons. The van der Waals surface area contributed by atoms with Crippen LogP contribution in [0.25, 0.3) is 0 Å². The van der Waals surface area contributed by atoms with Gasteiger partial charge in [-0.1, -0.05) is 19.1 Å². The lowest BCUT2D eigenvalue weighted by Crippen LogP contribution is -2.46. The normalized spacial score (nSPS) is 30.9. The Morgan fingerprint density at radius 3 is 2.93 bits per heavy atom. The smallest absolute Gasteiger partial charge is 0.237 e. The quantitative estimate of drug-likeness (QED) is 0.709. The molecule has 1 saturated heterocycles. The van der Waals surface area contributed by atoms with Gasteiger partial charge < -0.3 is 5.32 Å². The van der Waals surface area contributed by atoms with Gasteiger partial charge in [0.15, 0.2) is 0 Å². The van der Waals surface area contributed by atoms with Crippen LogP contribution in [0.15, 0.2) is 12.2 Å². The predicted molar refractivity (Wildman–Crippen MR) is 60.6 cm³/mol. The van der Waals surface area contributed by atoms with Crippen molar-refractivity contribution < 1.29 is 4.79 Å². The Morgan fingerprint density at radius 2 is 2.40 bits per heavy atom. The molecule has 0 spiro atoms. The van der Waals surface area contributed by atoms with Crippen molar-refractivity contribution in [3.63, 3.8) is 0 Å². The van der Waals surface area contributed by atoms with Gasteiger partial charge in [0, 0.05) is 12.6 Å². The summed E-state index contributed by atoms with van der Waals surface area (Å²) < 4.78 is 0. The SMILES string of the molecule is CCN([C@@H]1C=CCCC1)[C@@H]1CCNC1=O. The van der Waals surface area contributed by atoms with Crippen LogP contribution in [0.3, 0.4) is 0 Å². The summed E-state index contributed by atoms with van der Waals surface area (Å²) in [6.07, 6.45) is 9.16. The third-order valence-electron chi connectivity index (χ3n) is 3.44. The van der Waals surface area contributed by atoms with Crippen molar-refractivity contribution in [2.75, 3.05) is 13.1 Å². The minimum absolute atomic E-state index is 0.114. The summed E-state index contributed by atoms with van der Waals surface area (Å²) in [5.74, 6) is 0.218. The molecule has 3 nitrogen and oxygen atoms in total. The number of rotatable bonds is 3. The van der Waals surface area contributed by atoms with E-state index in [-0.39, 0.29) is 11.9 Å². The molecule has 2 atom stereocenters. The first-order valence-corrected chi connectivity index (χ1v) is 6.03. The van der Waals surface area contributed by atoms with Crippen molar-refractivity contribution in [1.29, 1.82) is 0 Å². The minimum Gasteiger partial charge on any atom is -0.355 e. The van der Waals surface area contributed by atoms with Crippen LogP contribution >= 0.6 is 0 Å². The van der Waals surface area contributed by atoms with Gasteiger partial charge in [-0.25, -0.2) is 0 Å². The first-order valence-electron chi connectivity index (χ1n) is 6.03. The zero-order valence-corrected chi connectivity index (χ0v) is 9.41. The average Bonchev–Trinajstić information content (AvgIpc) is 2.68. The third-order valence-corrected chi connectivity index (χ3v) is 3.44. The molecule has 1 N–H and O–H groups in total. The summed E-state index contributed by atoms with van der Waals surface area (Å²) in [4.78, 5) is 14.0. The van der Waals surface area contributed by atoms with E-state index >= 15 is 0 Å². The number of hydrogen-bond donors (Lipinski definition) is 1. The van der Waals surface area contributed by atoms with Gasteiger partial charge >= 0.3 is 0 Å². The monoisotopic (exact) mass is 208 g/mol. The Labute approximate surface area is 91.5 Å². The Bertz CT molecular complexity index is 262. The van der Waals surface area contributed by atoms with E-state index in [1.54, 1.807) is 0 Å². The van der Waals surface area contributed by atoms with E-state index in [1.165, 1.54) is 19.3 Å². The summed E-state index contributed by atoms with van der Waals surface area (Å²) in [5.41, 5.74) is 0. The van der Waals surface area contributed by atoms with Gasteiger partial charge in [-0.2, -0.15) is 0 Å². The summed E-state index contributed by atoms with van der Waals surface area (Å²) in [6.45, 7) is 3.96. The molecule has 1 fully saturated rings. The van der Waals surface area contributed by atoms with Crippen molar-refractivity contribution in [1.82, 2.24) is 10.2 Å². The van der Waals surface area contributed by atoms with Crippen LogP contribution in [0.1, 0.15) is 32.6 Å². The third kappa shape index (κ3) is 2.23. The molecule has 0 aromatic rings. The number of hydrogen-bond acceptors (Lipinski definition) is 2. The second kappa shape index (κ2) is 4.79. The molecule has 0 saturated carbocycles. The van der Waals surface area contributed by atoms with Crippen LogP contribution in [0.2, 0.25) is 0 Å². The Morgan fingerprint density at radius 1 is 1.53 bits per heavy atom. The highest BCUT2D eigenvalue weighted by molar-refractivity contribution is 5.83. The van der Waals surface area contributed by atoms with Gasteiger partial charge in [0.2, 0.25) is 5.91 Å². The van der Waals surface area contributed by atoms with Crippen LogP contribution in [0.5, 0.6) is 0 Å². The first-order chi connectivity index (χ1) is 7.33. The molecular weight excluding hydrogens is 188 g/mol. The van der Waals surface area contributed by atoms with Crippen molar-refractivity contribution in [2.45, 2.75) is 44.7 Å². The van der Waals surface area contributed by atoms with E-state index in [0.29, 0.717) is 6.04 Å². The number of carbonyl (C=O) groups is 1. The molecule has 1 aliphatic carbocycles. The highest BCUT2D eigenvalue weighted by atomic mass is 16.2. The molecule has 2 aliphatic rings. The molecule has 1 aliphatic heterocycles. The number of allylic oxidation sites excluding steroid dienone is 1. The molecule has 84 valence electrons. The molecule has 1 amide bonds. The van der Waals surface area contributed by atoms with Gasteiger partial charge in [-0.15, -0.1) is 0 Å². The van der Waals surface area contributed by atoms with E-state index in [2.05, 4.69) is 29.3 Å². The number of amides is 1. The first kappa shape index (κ1) is 10.7. The second-order valence-corrected chi connectivity index (χ2v) is 4.35. The molecule has 0 aromatic carbocycles. The van der Waals surface area contributed by atoms with E-state index in [1.807, 2.05) is 0 Å². The number of nitrogens with zero attached hydrogens (tertiary/aromatic N) is 1. The van der Waals surface area contributed by atoms with Gasteiger partial charge in [-0.05, 0) is 32.2 Å². The molecule has 15 heavy (non-hydrogen) atoms. The second-order valence-electron chi connectivity index (χ2n) is 4.35. The molecule has 2 rings (SSSR count). The fourth-order valence-corrected chi connectivity index (χ4v) is 2.65. The van der Waals surface area contributed by atoms with E-state index < -0.39 is 0 Å². The number of nitrogens with one attached hydrogen (secondary N) is 1. The zero-order chi connectivity index (χ0) is 10.7. The molecule has 0 bridgehead atoms.